The van der Waals surface area contributed by atoms with Gasteiger partial charge in [0, 0.05) is 141 Å². The molecule has 0 bridgehead atoms. The maximum Gasteiger partial charge on any atom is 0.417 e. The number of nitro benzene ring substituents is 5. The van der Waals surface area contributed by atoms with Crippen molar-refractivity contribution >= 4 is 104 Å². The summed E-state index contributed by atoms with van der Waals surface area (Å²) < 4.78 is 44.7. The van der Waals surface area contributed by atoms with E-state index in [1.165, 1.54) is 60.0 Å². The fraction of sp³-hybridized carbons (Fsp3) is 0.172. The van der Waals surface area contributed by atoms with Crippen LogP contribution in [0.2, 0.25) is 0 Å². The Morgan fingerprint density at radius 1 is 0.485 bits per heavy atom. The van der Waals surface area contributed by atoms with Crippen LogP contribution in [0, 0.1) is 57.5 Å². The molecular weight excluding hydrogens is 1830 g/mol. The topological polar surface area (TPSA) is 713 Å². The van der Waals surface area contributed by atoms with Crippen LogP contribution < -0.4 is 26.2 Å². The number of halogens is 3. The first-order valence-corrected chi connectivity index (χ1v) is 40.1. The van der Waals surface area contributed by atoms with Gasteiger partial charge in [0.1, 0.15) is 5.82 Å². The number of aliphatic carboxylic acids is 1. The van der Waals surface area contributed by atoms with Crippen molar-refractivity contribution in [3.63, 3.8) is 0 Å². The number of anilines is 5. The van der Waals surface area contributed by atoms with Crippen molar-refractivity contribution in [1.82, 2.24) is 19.9 Å². The summed E-state index contributed by atoms with van der Waals surface area (Å²) in [5, 5.41) is 198. The van der Waals surface area contributed by atoms with Crippen LogP contribution in [0.1, 0.15) is 67.0 Å². The number of nitrogens with zero attached hydrogens (tertiary/aromatic N) is 10. The zero-order valence-electron chi connectivity index (χ0n) is 70.2. The molecule has 0 aliphatic carbocycles. The molecule has 708 valence electrons. The van der Waals surface area contributed by atoms with E-state index < -0.39 is 165 Å². The Morgan fingerprint density at radius 2 is 0.978 bits per heavy atom. The average molecular weight is 1900 g/mol. The number of carboxylic acids is 2. The number of aryl methyl sites for hydroxylation is 3. The van der Waals surface area contributed by atoms with Crippen molar-refractivity contribution in [1.29, 1.82) is 0 Å². The molecule has 0 radical (unpaired) electrons. The van der Waals surface area contributed by atoms with Gasteiger partial charge in [-0.05, 0) is 104 Å². The third kappa shape index (κ3) is 28.3. The molecule has 13 rings (SSSR count). The lowest BCUT2D eigenvalue weighted by Gasteiger charge is -2.29. The summed E-state index contributed by atoms with van der Waals surface area (Å²) in [5.74, 6) is -9.59. The quantitative estimate of drug-likeness (QED) is 0.00937. The number of aromatic nitrogens is 4. The molecule has 4 aromatic heterocycles. The molecule has 136 heavy (non-hydrogen) atoms. The van der Waals surface area contributed by atoms with Crippen LogP contribution in [0.25, 0.3) is 33.0 Å². The van der Waals surface area contributed by atoms with Gasteiger partial charge in [-0.3, -0.25) is 74.5 Å². The van der Waals surface area contributed by atoms with Gasteiger partial charge in [-0.15, -0.1) is 11.3 Å². The van der Waals surface area contributed by atoms with Gasteiger partial charge in [-0.2, -0.15) is 13.2 Å². The Balaban J connectivity index is 0.000000191. The van der Waals surface area contributed by atoms with Gasteiger partial charge in [-0.1, -0.05) is 36.4 Å². The summed E-state index contributed by atoms with van der Waals surface area (Å²) in [6, 6.07) is 34.9. The predicted molar refractivity (Wildman–Crippen MR) is 475 cm³/mol. The lowest BCUT2D eigenvalue weighted by atomic mass is 10.0. The van der Waals surface area contributed by atoms with Crippen LogP contribution in [0.4, 0.5) is 70.3 Å². The molecule has 45 nitrogen and oxygen atoms in total. The first-order valence-electron chi connectivity index (χ1n) is 39.3. The number of carbonyl (C=O) groups excluding carboxylic acids is 4. The number of pyridine rings is 2. The standard InChI is InChI=1S/C19H17N3O7S.C18H20N4O6.C17H10F3N3O4.C17H16N2O7.C16H14N2O7/c23-14-8-11(22(28)29)6-10(18(14)27)7-16(24)21-19-13(2-1-5-20-19)15-4-3-12(30-15)9-17(25)26;23-15-11-13(22(26)27)10-12(17(15)25)3-4-16(24)20-14-2-1-5-19-18(14)21-6-8-28-9-7-21;18-17(19,20)12-4-2-1-3-10(12)16-21-7-9(8-22-16)11-5-14(24)15(25)6-13(11)23(26)27;20-14-9-13(19(25)26)8-11(17(14)24)4-5-15(21)18-12-3-1-2-10(6-12)7-16(22)23;1-8-2-3-9(16(22)23)5-12(8)17-14(20)6-10-4-11(18(24)25)7-13(19)15(10)21/h1-6,8,17,23,25-27H,7,9H2,(H,20,21,24);1-2,5,10-11,23,25H,3-4,6-9H2,(H,20,24);1-8,24-25H;1-3,6,8-9,20,24H,4-5,7H2,(H,18,21)(H,22,23);2-5,7,19,21H,6H2,1H3,(H,17,20)(H,22,23). The maximum absolute atomic E-state index is 13.1. The van der Waals surface area contributed by atoms with E-state index >= 15 is 0 Å². The molecular formula is C87H77F3N14O31S. The highest BCUT2D eigenvalue weighted by molar-refractivity contribution is 7.15. The Hall–Kier alpha value is -17.9. The van der Waals surface area contributed by atoms with Crippen LogP contribution in [0.15, 0.2) is 189 Å². The van der Waals surface area contributed by atoms with Crippen LogP contribution in [0.3, 0.4) is 0 Å². The van der Waals surface area contributed by atoms with Crippen molar-refractivity contribution in [2.24, 2.45) is 0 Å². The average Bonchev–Trinajstić information content (AvgIpc) is 1.39. The molecule has 0 saturated carbocycles. The number of phenolic OH excluding ortho intramolecular Hbond substituents is 10. The number of aromatic carboxylic acids is 1. The number of carbonyl (C=O) groups is 6. The van der Waals surface area contributed by atoms with Crippen molar-refractivity contribution < 1.29 is 143 Å². The molecule has 0 spiro atoms. The molecule has 18 N–H and O–H groups in total. The Bertz CT molecular complexity index is 6540. The first kappa shape index (κ1) is 102. The molecule has 49 heteroatoms. The second-order valence-corrected chi connectivity index (χ2v) is 30.0. The smallest absolute Gasteiger partial charge is 0.417 e. The Morgan fingerprint density at radius 3 is 1.50 bits per heavy atom. The summed E-state index contributed by atoms with van der Waals surface area (Å²) in [4.78, 5) is 141. The van der Waals surface area contributed by atoms with E-state index in [1.54, 1.807) is 67.7 Å². The normalized spacial score (nSPS) is 11.4. The highest BCUT2D eigenvalue weighted by Crippen LogP contribution is 2.43. The van der Waals surface area contributed by atoms with Crippen molar-refractivity contribution in [2.75, 3.05) is 52.5 Å². The monoisotopic (exact) mass is 1900 g/mol. The number of aliphatic hydroxyl groups excluding tert-OH is 1. The van der Waals surface area contributed by atoms with E-state index in [-0.39, 0.29) is 112 Å². The first-order chi connectivity index (χ1) is 64.3. The number of thiophene rings is 1. The molecule has 5 heterocycles. The number of alkyl halides is 3. The molecule has 1 aliphatic heterocycles. The minimum Gasteiger partial charge on any atom is -0.504 e. The Kier molecular flexibility index (Phi) is 34.5. The van der Waals surface area contributed by atoms with E-state index in [1.807, 2.05) is 4.90 Å². The Labute approximate surface area is 765 Å². The van der Waals surface area contributed by atoms with Gasteiger partial charge >= 0.3 is 18.1 Å². The van der Waals surface area contributed by atoms with E-state index in [4.69, 9.17) is 25.2 Å². The van der Waals surface area contributed by atoms with Crippen molar-refractivity contribution in [3.8, 4) is 90.5 Å². The van der Waals surface area contributed by atoms with Crippen molar-refractivity contribution in [2.45, 2.75) is 70.8 Å². The number of hydrogen-bond donors (Lipinski definition) is 18. The highest BCUT2D eigenvalue weighted by Gasteiger charge is 2.35. The number of benzene rings is 8. The predicted octanol–water partition coefficient (Wildman–Crippen LogP) is 12.5. The van der Waals surface area contributed by atoms with E-state index in [0.717, 1.165) is 88.9 Å². The van der Waals surface area contributed by atoms with E-state index in [0.29, 0.717) is 60.2 Å². The van der Waals surface area contributed by atoms with E-state index in [9.17, 15) is 144 Å². The summed E-state index contributed by atoms with van der Waals surface area (Å²) in [6.45, 7) is 4.17. The number of nitro groups is 5. The van der Waals surface area contributed by atoms with Gasteiger partial charge in [-0.25, -0.2) is 24.7 Å². The number of carboxylic acid groups (broad SMARTS) is 2. The number of phenols is 10. The second kappa shape index (κ2) is 46.1. The van der Waals surface area contributed by atoms with Gasteiger partial charge in [0.25, 0.3) is 28.4 Å². The van der Waals surface area contributed by atoms with Crippen LogP contribution in [-0.4, -0.2) is 184 Å². The molecule has 0 atom stereocenters. The molecule has 0 unspecified atom stereocenters. The molecule has 1 aliphatic rings. The fourth-order valence-corrected chi connectivity index (χ4v) is 13.8. The molecule has 8 aromatic carbocycles. The summed E-state index contributed by atoms with van der Waals surface area (Å²) in [5.41, 5.74) is -0.413. The minimum atomic E-state index is -4.60. The van der Waals surface area contributed by atoms with Crippen molar-refractivity contribution in [3.05, 3.63) is 289 Å². The van der Waals surface area contributed by atoms with Gasteiger partial charge < -0.3 is 102 Å². The zero-order chi connectivity index (χ0) is 99.7. The minimum absolute atomic E-state index is 0.0169. The second-order valence-electron chi connectivity index (χ2n) is 28.8. The number of non-ortho nitro benzene ring substituents is 4. The fourth-order valence-electron chi connectivity index (χ4n) is 12.7. The van der Waals surface area contributed by atoms with E-state index in [2.05, 4.69) is 41.2 Å². The summed E-state index contributed by atoms with van der Waals surface area (Å²) in [6.07, 6.45) is -1.85. The third-order valence-corrected chi connectivity index (χ3v) is 20.3. The molecule has 1 fully saturated rings. The lowest BCUT2D eigenvalue weighted by Crippen LogP contribution is -2.37. The highest BCUT2D eigenvalue weighted by atomic mass is 32.1. The number of aromatic hydroxyl groups is 10. The van der Waals surface area contributed by atoms with Gasteiger partial charge in [0.2, 0.25) is 23.6 Å². The summed E-state index contributed by atoms with van der Waals surface area (Å²) in [7, 11) is 0. The van der Waals surface area contributed by atoms with Gasteiger partial charge in [0.15, 0.2) is 75.4 Å². The lowest BCUT2D eigenvalue weighted by molar-refractivity contribution is -0.385. The molecule has 1 saturated heterocycles. The zero-order valence-corrected chi connectivity index (χ0v) is 71.0. The van der Waals surface area contributed by atoms with Crippen LogP contribution >= 0.6 is 11.3 Å². The SMILES string of the molecule is Cc1ccc(C(=O)O)cc1NC(=O)Cc1cc([N+](=O)[O-])cc(O)c1O.O=C(CCc1cc([N+](=O)[O-])cc(O)c1O)Nc1cccnc1N1CCOCC1.O=C(Cc1cc([N+](=O)[O-])cc(O)c1O)Nc1ncccc1-c1ccc(CC(O)O)s1.O=C(O)Cc1cccc(NC(=O)CCc2cc([N+](=O)[O-])cc(O)c2O)c1.O=[N+]([O-])c1cc(O)c(O)cc1-c1cnc(-c2ccccc2C(F)(F)F)nc1. The number of aliphatic hydroxyl groups is 2. The van der Waals surface area contributed by atoms with Gasteiger partial charge in [0.05, 0.1) is 110 Å². The number of ether oxygens (including phenoxy) is 1. The number of hydrogen-bond acceptors (Lipinski definition) is 35. The molecule has 12 aromatic rings. The third-order valence-electron chi connectivity index (χ3n) is 19.2. The summed E-state index contributed by atoms with van der Waals surface area (Å²) >= 11 is 1.31. The molecule has 4 amide bonds. The number of morpholine rings is 1. The van der Waals surface area contributed by atoms with Crippen LogP contribution in [0.5, 0.6) is 57.5 Å². The number of nitrogens with one attached hydrogen (secondary N) is 4. The maximum atomic E-state index is 13.1. The largest absolute Gasteiger partial charge is 0.504 e. The number of rotatable bonds is 28. The number of amides is 4. The van der Waals surface area contributed by atoms with Crippen LogP contribution in [-0.2, 0) is 73.4 Å².